The number of halogens is 4. The van der Waals surface area contributed by atoms with Crippen molar-refractivity contribution in [1.29, 1.82) is 0 Å². The van der Waals surface area contributed by atoms with Crippen molar-refractivity contribution in [3.63, 3.8) is 0 Å². The van der Waals surface area contributed by atoms with Crippen LogP contribution in [0.15, 0.2) is 30.6 Å². The third-order valence-corrected chi connectivity index (χ3v) is 3.98. The highest BCUT2D eigenvalue weighted by Gasteiger charge is 2.35. The van der Waals surface area contributed by atoms with E-state index in [-0.39, 0.29) is 24.4 Å². The minimum absolute atomic E-state index is 0.00678. The van der Waals surface area contributed by atoms with Gasteiger partial charge in [-0.05, 0) is 30.2 Å². The summed E-state index contributed by atoms with van der Waals surface area (Å²) >= 11 is 5.64. The highest BCUT2D eigenvalue weighted by atomic mass is 35.5. The third kappa shape index (κ3) is 5.86. The van der Waals surface area contributed by atoms with E-state index in [1.54, 1.807) is 12.1 Å². The second-order valence-electron chi connectivity index (χ2n) is 5.85. The lowest BCUT2D eigenvalue weighted by Crippen LogP contribution is -2.36. The van der Waals surface area contributed by atoms with E-state index in [1.807, 2.05) is 6.92 Å². The van der Waals surface area contributed by atoms with Crippen LogP contribution in [-0.4, -0.2) is 44.2 Å². The van der Waals surface area contributed by atoms with Gasteiger partial charge in [0, 0.05) is 18.9 Å². The number of pyridine rings is 1. The molecular formula is C17H18ClF3N4O2. The van der Waals surface area contributed by atoms with Crippen LogP contribution in [0.3, 0.4) is 0 Å². The molecule has 1 amide bonds. The second-order valence-corrected chi connectivity index (χ2v) is 6.26. The smallest absolute Gasteiger partial charge is 0.385 e. The summed E-state index contributed by atoms with van der Waals surface area (Å²) in [4.78, 5) is 17.3. The molecule has 2 rings (SSSR count). The molecule has 0 radical (unpaired) electrons. The average molecular weight is 403 g/mol. The highest BCUT2D eigenvalue weighted by Crippen LogP contribution is 2.33. The first-order valence-corrected chi connectivity index (χ1v) is 8.55. The van der Waals surface area contributed by atoms with Crippen molar-refractivity contribution in [2.24, 2.45) is 0 Å². The molecule has 0 saturated carbocycles. The van der Waals surface area contributed by atoms with Crippen molar-refractivity contribution in [1.82, 2.24) is 20.1 Å². The molecule has 27 heavy (non-hydrogen) atoms. The van der Waals surface area contributed by atoms with Gasteiger partial charge in [-0.3, -0.25) is 9.78 Å². The summed E-state index contributed by atoms with van der Waals surface area (Å²) in [5.41, 5.74) is -0.609. The molecule has 0 aliphatic heterocycles. The maximum atomic E-state index is 12.7. The number of hydrogen-bond acceptors (Lipinski definition) is 5. The number of aliphatic hydroxyl groups is 1. The largest absolute Gasteiger partial charge is 0.434 e. The summed E-state index contributed by atoms with van der Waals surface area (Å²) in [6, 6.07) is 4.29. The number of aromatic nitrogens is 3. The average Bonchev–Trinajstić information content (AvgIpc) is 2.61. The number of alkyl halides is 3. The summed E-state index contributed by atoms with van der Waals surface area (Å²) in [7, 11) is 0. The Morgan fingerprint density at radius 1 is 1.41 bits per heavy atom. The van der Waals surface area contributed by atoms with Gasteiger partial charge in [0.25, 0.3) is 0 Å². The van der Waals surface area contributed by atoms with Gasteiger partial charge in [-0.15, -0.1) is 0 Å². The Bertz CT molecular complexity index is 775. The standard InChI is InChI=1S/C17H18ClF3N4O2/c1-2-6-25(10-14(26)13-4-3-5-23-24-13)15(27)8-11-7-12(18)16(22-9-11)17(19,20)21/h3-5,7,9,14,26H,2,6,8,10H2,1H3. The zero-order chi connectivity index (χ0) is 20.0. The first-order chi connectivity index (χ1) is 12.7. The summed E-state index contributed by atoms with van der Waals surface area (Å²) in [6.07, 6.45) is -2.77. The molecule has 0 bridgehead atoms. The number of aliphatic hydroxyl groups excluding tert-OH is 1. The predicted octanol–water partition coefficient (Wildman–Crippen LogP) is 3.06. The van der Waals surface area contributed by atoms with Crippen molar-refractivity contribution < 1.29 is 23.1 Å². The maximum Gasteiger partial charge on any atom is 0.434 e. The molecule has 2 aromatic heterocycles. The second kappa shape index (κ2) is 9.09. The highest BCUT2D eigenvalue weighted by molar-refractivity contribution is 6.31. The van der Waals surface area contributed by atoms with Crippen LogP contribution in [-0.2, 0) is 17.4 Å². The minimum Gasteiger partial charge on any atom is -0.385 e. The summed E-state index contributed by atoms with van der Waals surface area (Å²) < 4.78 is 38.1. The lowest BCUT2D eigenvalue weighted by atomic mass is 10.1. The molecule has 146 valence electrons. The summed E-state index contributed by atoms with van der Waals surface area (Å²) in [5.74, 6) is -0.364. The van der Waals surface area contributed by atoms with E-state index in [0.717, 1.165) is 12.3 Å². The van der Waals surface area contributed by atoms with Gasteiger partial charge in [0.1, 0.15) is 6.10 Å². The van der Waals surface area contributed by atoms with E-state index in [4.69, 9.17) is 11.6 Å². The molecule has 0 fully saturated rings. The van der Waals surface area contributed by atoms with Gasteiger partial charge >= 0.3 is 6.18 Å². The molecule has 0 aliphatic carbocycles. The van der Waals surface area contributed by atoms with Gasteiger partial charge in [-0.2, -0.15) is 23.4 Å². The van der Waals surface area contributed by atoms with Crippen LogP contribution < -0.4 is 0 Å². The first kappa shape index (κ1) is 21.0. The fraction of sp³-hybridized carbons (Fsp3) is 0.412. The van der Waals surface area contributed by atoms with Crippen LogP contribution >= 0.6 is 11.6 Å². The lowest BCUT2D eigenvalue weighted by Gasteiger charge is -2.24. The number of amides is 1. The number of nitrogens with zero attached hydrogens (tertiary/aromatic N) is 4. The van der Waals surface area contributed by atoms with Crippen LogP contribution in [0.1, 0.15) is 36.4 Å². The molecule has 0 saturated heterocycles. The lowest BCUT2D eigenvalue weighted by molar-refractivity contribution is -0.141. The van der Waals surface area contributed by atoms with E-state index in [9.17, 15) is 23.1 Å². The molecule has 6 nitrogen and oxygen atoms in total. The van der Waals surface area contributed by atoms with Crippen LogP contribution in [0.4, 0.5) is 13.2 Å². The quantitative estimate of drug-likeness (QED) is 0.770. The molecule has 2 aromatic rings. The summed E-state index contributed by atoms with van der Waals surface area (Å²) in [5, 5.41) is 17.2. The normalized spacial score (nSPS) is 12.7. The minimum atomic E-state index is -4.66. The number of rotatable bonds is 7. The maximum absolute atomic E-state index is 12.7. The number of hydrogen-bond donors (Lipinski definition) is 1. The van der Waals surface area contributed by atoms with Crippen LogP contribution in [0, 0.1) is 0 Å². The van der Waals surface area contributed by atoms with Gasteiger partial charge in [-0.25, -0.2) is 0 Å². The topological polar surface area (TPSA) is 79.2 Å². The van der Waals surface area contributed by atoms with Crippen molar-refractivity contribution >= 4 is 17.5 Å². The Labute approximate surface area is 159 Å². The van der Waals surface area contributed by atoms with Gasteiger partial charge in [-0.1, -0.05) is 18.5 Å². The van der Waals surface area contributed by atoms with Crippen LogP contribution in [0.2, 0.25) is 5.02 Å². The van der Waals surface area contributed by atoms with Gasteiger partial charge in [0.15, 0.2) is 5.69 Å². The number of carbonyl (C=O) groups excluding carboxylic acids is 1. The Hall–Kier alpha value is -2.26. The summed E-state index contributed by atoms with van der Waals surface area (Å²) in [6.45, 7) is 2.23. The number of carbonyl (C=O) groups is 1. The molecular weight excluding hydrogens is 385 g/mol. The SMILES string of the molecule is CCCN(CC(O)c1cccnn1)C(=O)Cc1cnc(C(F)(F)F)c(Cl)c1. The van der Waals surface area contributed by atoms with E-state index in [1.165, 1.54) is 11.1 Å². The molecule has 2 heterocycles. The van der Waals surface area contributed by atoms with E-state index >= 15 is 0 Å². The monoisotopic (exact) mass is 402 g/mol. The van der Waals surface area contributed by atoms with Crippen LogP contribution in [0.5, 0.6) is 0 Å². The Kier molecular flexibility index (Phi) is 7.09. The zero-order valence-corrected chi connectivity index (χ0v) is 15.2. The first-order valence-electron chi connectivity index (χ1n) is 8.17. The van der Waals surface area contributed by atoms with Gasteiger partial charge < -0.3 is 10.0 Å². The van der Waals surface area contributed by atoms with E-state index < -0.39 is 23.0 Å². The molecule has 10 heteroatoms. The molecule has 1 N–H and O–H groups in total. The molecule has 0 aromatic carbocycles. The fourth-order valence-corrected chi connectivity index (χ4v) is 2.75. The predicted molar refractivity (Wildman–Crippen MR) is 91.8 cm³/mol. The Morgan fingerprint density at radius 3 is 2.70 bits per heavy atom. The molecule has 1 atom stereocenters. The van der Waals surface area contributed by atoms with E-state index in [0.29, 0.717) is 18.7 Å². The fourth-order valence-electron chi connectivity index (χ4n) is 2.45. The molecule has 1 unspecified atom stereocenters. The van der Waals surface area contributed by atoms with Gasteiger partial charge in [0.2, 0.25) is 5.91 Å². The molecule has 0 aliphatic rings. The van der Waals surface area contributed by atoms with Crippen molar-refractivity contribution in [3.05, 3.63) is 52.6 Å². The Balaban J connectivity index is 2.09. The van der Waals surface area contributed by atoms with Crippen molar-refractivity contribution in [3.8, 4) is 0 Å². The zero-order valence-electron chi connectivity index (χ0n) is 14.4. The van der Waals surface area contributed by atoms with E-state index in [2.05, 4.69) is 15.2 Å². The van der Waals surface area contributed by atoms with Crippen LogP contribution in [0.25, 0.3) is 0 Å². The Morgan fingerprint density at radius 2 is 2.15 bits per heavy atom. The van der Waals surface area contributed by atoms with Crippen molar-refractivity contribution in [2.45, 2.75) is 32.0 Å². The van der Waals surface area contributed by atoms with Gasteiger partial charge in [0.05, 0.1) is 23.7 Å². The van der Waals surface area contributed by atoms with Crippen molar-refractivity contribution in [2.75, 3.05) is 13.1 Å². The third-order valence-electron chi connectivity index (χ3n) is 3.70. The molecule has 0 spiro atoms.